The summed E-state index contributed by atoms with van der Waals surface area (Å²) in [4.78, 5) is 16.6. The molecule has 6 heteroatoms. The molecule has 1 atom stereocenters. The van der Waals surface area contributed by atoms with E-state index >= 15 is 0 Å². The zero-order valence-electron chi connectivity index (χ0n) is 10.3. The van der Waals surface area contributed by atoms with Gasteiger partial charge in [-0.1, -0.05) is 33.6 Å². The predicted molar refractivity (Wildman–Crippen MR) is 78.2 cm³/mol. The van der Waals surface area contributed by atoms with Crippen molar-refractivity contribution in [2.45, 2.75) is 31.3 Å². The maximum Gasteiger partial charge on any atom is 0.256 e. The largest absolute Gasteiger partial charge is 0.338 e. The number of rotatable bonds is 2. The molecule has 1 heterocycles. The monoisotopic (exact) mass is 341 g/mol. The third-order valence-corrected chi connectivity index (χ3v) is 4.19. The molecule has 0 aromatic heterocycles. The number of amides is 1. The zero-order chi connectivity index (χ0) is 13.6. The Morgan fingerprint density at radius 2 is 2.21 bits per heavy atom. The lowest BCUT2D eigenvalue weighted by molar-refractivity contribution is -0.123. The number of carbonyl (C=O) groups is 1. The lowest BCUT2D eigenvalue weighted by Gasteiger charge is -2.23. The van der Waals surface area contributed by atoms with E-state index in [-0.39, 0.29) is 5.91 Å². The summed E-state index contributed by atoms with van der Waals surface area (Å²) in [5, 5.41) is 6.49. The van der Waals surface area contributed by atoms with E-state index in [0.717, 1.165) is 22.9 Å². The third kappa shape index (κ3) is 2.37. The molecule has 1 aromatic rings. The van der Waals surface area contributed by atoms with Crippen molar-refractivity contribution in [3.63, 3.8) is 0 Å². The fraction of sp³-hybridized carbons (Fsp3) is 0.385. The van der Waals surface area contributed by atoms with Gasteiger partial charge in [0.1, 0.15) is 5.54 Å². The first kappa shape index (κ1) is 12.9. The van der Waals surface area contributed by atoms with E-state index in [4.69, 9.17) is 11.6 Å². The molecule has 1 aliphatic carbocycles. The van der Waals surface area contributed by atoms with Crippen LogP contribution in [0.25, 0.3) is 0 Å². The van der Waals surface area contributed by atoms with Gasteiger partial charge in [-0.05, 0) is 31.9 Å². The smallest absolute Gasteiger partial charge is 0.256 e. The predicted octanol–water partition coefficient (Wildman–Crippen LogP) is 2.56. The van der Waals surface area contributed by atoms with Gasteiger partial charge >= 0.3 is 0 Å². The van der Waals surface area contributed by atoms with E-state index in [2.05, 4.69) is 31.6 Å². The van der Waals surface area contributed by atoms with Gasteiger partial charge in [0.05, 0.1) is 6.04 Å². The summed E-state index contributed by atoms with van der Waals surface area (Å²) >= 11 is 9.60. The van der Waals surface area contributed by atoms with Crippen molar-refractivity contribution in [2.24, 2.45) is 4.99 Å². The van der Waals surface area contributed by atoms with Crippen LogP contribution in [0.5, 0.6) is 0 Å². The first-order chi connectivity index (χ1) is 8.99. The number of nitrogens with zero attached hydrogens (tertiary/aromatic N) is 1. The number of hydrogen-bond acceptors (Lipinski definition) is 2. The van der Waals surface area contributed by atoms with Crippen LogP contribution in [0.2, 0.25) is 5.02 Å². The van der Waals surface area contributed by atoms with Crippen molar-refractivity contribution < 1.29 is 4.79 Å². The first-order valence-electron chi connectivity index (χ1n) is 6.12. The Morgan fingerprint density at radius 3 is 2.84 bits per heavy atom. The molecular formula is C13H13BrClN3O. The van der Waals surface area contributed by atoms with Crippen molar-refractivity contribution in [2.75, 3.05) is 0 Å². The fourth-order valence-corrected chi connectivity index (χ4v) is 2.96. The van der Waals surface area contributed by atoms with Crippen LogP contribution in [0.1, 0.15) is 25.3 Å². The Bertz CT molecular complexity index is 585. The molecule has 1 unspecified atom stereocenters. The highest BCUT2D eigenvalue weighted by molar-refractivity contribution is 9.10. The molecule has 4 nitrogen and oxygen atoms in total. The second-order valence-electron chi connectivity index (χ2n) is 5.04. The van der Waals surface area contributed by atoms with E-state index in [9.17, 15) is 4.79 Å². The summed E-state index contributed by atoms with van der Waals surface area (Å²) < 4.78 is 0.884. The van der Waals surface area contributed by atoms with Crippen molar-refractivity contribution in [1.29, 1.82) is 0 Å². The van der Waals surface area contributed by atoms with Crippen LogP contribution in [-0.2, 0) is 10.3 Å². The number of nitrogens with one attached hydrogen (secondary N) is 2. The molecule has 1 aromatic carbocycles. The maximum absolute atomic E-state index is 12.2. The fourth-order valence-electron chi connectivity index (χ4n) is 2.09. The number of benzene rings is 1. The summed E-state index contributed by atoms with van der Waals surface area (Å²) in [6.07, 6.45) is 2.19. The minimum absolute atomic E-state index is 0.129. The molecule has 100 valence electrons. The lowest BCUT2D eigenvalue weighted by atomic mass is 9.92. The van der Waals surface area contributed by atoms with Gasteiger partial charge in [0.15, 0.2) is 5.96 Å². The van der Waals surface area contributed by atoms with Gasteiger partial charge in [0, 0.05) is 15.1 Å². The van der Waals surface area contributed by atoms with Crippen LogP contribution in [-0.4, -0.2) is 17.9 Å². The van der Waals surface area contributed by atoms with Gasteiger partial charge in [0.25, 0.3) is 5.91 Å². The van der Waals surface area contributed by atoms with Crippen molar-refractivity contribution in [1.82, 2.24) is 10.6 Å². The maximum atomic E-state index is 12.2. The van der Waals surface area contributed by atoms with Crippen LogP contribution >= 0.6 is 27.5 Å². The van der Waals surface area contributed by atoms with Crippen LogP contribution < -0.4 is 10.6 Å². The first-order valence-corrected chi connectivity index (χ1v) is 7.29. The molecule has 2 fully saturated rings. The molecule has 0 bridgehead atoms. The topological polar surface area (TPSA) is 53.5 Å². The molecule has 19 heavy (non-hydrogen) atoms. The van der Waals surface area contributed by atoms with Gasteiger partial charge in [-0.2, -0.15) is 0 Å². The van der Waals surface area contributed by atoms with E-state index in [0.29, 0.717) is 17.0 Å². The van der Waals surface area contributed by atoms with Crippen LogP contribution in [0.4, 0.5) is 0 Å². The van der Waals surface area contributed by atoms with Crippen molar-refractivity contribution in [3.05, 3.63) is 33.3 Å². The van der Waals surface area contributed by atoms with Crippen LogP contribution in [0.15, 0.2) is 27.7 Å². The molecule has 2 N–H and O–H groups in total. The summed E-state index contributed by atoms with van der Waals surface area (Å²) in [6.45, 7) is 1.81. The van der Waals surface area contributed by atoms with Gasteiger partial charge in [0.2, 0.25) is 0 Å². The van der Waals surface area contributed by atoms with Crippen LogP contribution in [0.3, 0.4) is 0 Å². The van der Waals surface area contributed by atoms with Gasteiger partial charge in [-0.3, -0.25) is 10.1 Å². The second-order valence-corrected chi connectivity index (χ2v) is 6.36. The summed E-state index contributed by atoms with van der Waals surface area (Å²) in [5.74, 6) is 0.421. The van der Waals surface area contributed by atoms with Crippen LogP contribution in [0, 0.1) is 0 Å². The molecule has 0 spiro atoms. The van der Waals surface area contributed by atoms with Gasteiger partial charge in [-0.15, -0.1) is 0 Å². The number of hydrogen-bond donors (Lipinski definition) is 2. The normalized spacial score (nSPS) is 28.4. The van der Waals surface area contributed by atoms with Gasteiger partial charge in [-0.25, -0.2) is 4.99 Å². The summed E-state index contributed by atoms with van der Waals surface area (Å²) in [6, 6.07) is 5.86. The standard InChI is InChI=1S/C13H13BrClN3O/c1-13(9-5-2-7(14)6-10(9)15)11(19)17-12(18-13)16-8-3-4-8/h2,5-6,8H,3-4H2,1H3,(H2,16,17,18,19). The third-order valence-electron chi connectivity index (χ3n) is 3.38. The Kier molecular flexibility index (Phi) is 3.06. The molecule has 1 aliphatic heterocycles. The molecule has 1 amide bonds. The number of carbonyl (C=O) groups excluding carboxylic acids is 1. The minimum Gasteiger partial charge on any atom is -0.338 e. The number of aliphatic imine (C=N–C) groups is 1. The van der Waals surface area contributed by atoms with Gasteiger partial charge < -0.3 is 5.32 Å². The van der Waals surface area contributed by atoms with E-state index in [1.807, 2.05) is 19.1 Å². The molecule has 1 saturated heterocycles. The minimum atomic E-state index is -0.870. The van der Waals surface area contributed by atoms with Crippen molar-refractivity contribution in [3.8, 4) is 0 Å². The Hall–Kier alpha value is -1.07. The second kappa shape index (κ2) is 4.49. The Morgan fingerprint density at radius 1 is 1.47 bits per heavy atom. The highest BCUT2D eigenvalue weighted by atomic mass is 79.9. The molecule has 1 saturated carbocycles. The summed E-state index contributed by atoms with van der Waals surface area (Å²) in [7, 11) is 0. The van der Waals surface area contributed by atoms with E-state index in [1.54, 1.807) is 6.07 Å². The summed E-state index contributed by atoms with van der Waals surface area (Å²) in [5.41, 5.74) is -0.123. The Balaban J connectivity index is 1.95. The Labute approximate surface area is 124 Å². The average molecular weight is 343 g/mol. The van der Waals surface area contributed by atoms with Crippen molar-refractivity contribution >= 4 is 39.4 Å². The quantitative estimate of drug-likeness (QED) is 0.868. The SMILES string of the molecule is CC1(c2ccc(Br)cc2Cl)NC(=NC2CC2)NC1=O. The average Bonchev–Trinajstić information content (AvgIpc) is 3.07. The molecular weight excluding hydrogens is 330 g/mol. The number of halogens is 2. The lowest BCUT2D eigenvalue weighted by Crippen LogP contribution is -2.41. The molecule has 2 aliphatic rings. The zero-order valence-corrected chi connectivity index (χ0v) is 12.7. The molecule has 3 rings (SSSR count). The highest BCUT2D eigenvalue weighted by Gasteiger charge is 2.44. The number of guanidine groups is 1. The molecule has 0 radical (unpaired) electrons. The van der Waals surface area contributed by atoms with E-state index in [1.165, 1.54) is 0 Å². The highest BCUT2D eigenvalue weighted by Crippen LogP contribution is 2.33. The van der Waals surface area contributed by atoms with E-state index < -0.39 is 5.54 Å².